The number of anilines is 1. The van der Waals surface area contributed by atoms with Gasteiger partial charge >= 0.3 is 0 Å². The molecule has 0 aliphatic carbocycles. The maximum atomic E-state index is 12.2. The number of hydrogen-bond acceptors (Lipinski definition) is 5. The molecular formula is C22H28N4O3. The van der Waals surface area contributed by atoms with E-state index in [9.17, 15) is 14.9 Å². The number of nitrogens with two attached hydrogens (primary N) is 1. The molecule has 1 aliphatic rings. The zero-order valence-electron chi connectivity index (χ0n) is 16.9. The van der Waals surface area contributed by atoms with Crippen molar-refractivity contribution >= 4 is 17.3 Å². The van der Waals surface area contributed by atoms with Crippen LogP contribution in [0.4, 0.5) is 11.4 Å². The standard InChI is InChI=1S/C22H28N4O3/c1-15(18-8-3-4-9-19(18)22(27)24-2)16-10-11-20(21(13-16)26(28)29)25-12-6-5-7-17(23)14-25/h3-4,8-11,13,15,17H,5-7,12,14,23H2,1-2H3,(H,24,27). The molecule has 29 heavy (non-hydrogen) atoms. The number of benzene rings is 2. The van der Waals surface area contributed by atoms with Crippen molar-refractivity contribution in [3.63, 3.8) is 0 Å². The molecule has 1 heterocycles. The Morgan fingerprint density at radius 1 is 1.28 bits per heavy atom. The van der Waals surface area contributed by atoms with Crippen molar-refractivity contribution in [1.29, 1.82) is 0 Å². The minimum absolute atomic E-state index is 0.0233. The number of carbonyl (C=O) groups excluding carboxylic acids is 1. The van der Waals surface area contributed by atoms with Crippen LogP contribution in [0.15, 0.2) is 42.5 Å². The van der Waals surface area contributed by atoms with E-state index >= 15 is 0 Å². The fraction of sp³-hybridized carbons (Fsp3) is 0.409. The number of amides is 1. The Bertz CT molecular complexity index is 899. The quantitative estimate of drug-likeness (QED) is 0.596. The van der Waals surface area contributed by atoms with E-state index in [1.807, 2.05) is 42.2 Å². The Morgan fingerprint density at radius 2 is 2.03 bits per heavy atom. The summed E-state index contributed by atoms with van der Waals surface area (Å²) in [6.45, 7) is 3.35. The lowest BCUT2D eigenvalue weighted by atomic mass is 9.89. The van der Waals surface area contributed by atoms with E-state index in [1.54, 1.807) is 19.2 Å². The lowest BCUT2D eigenvalue weighted by Gasteiger charge is -2.25. The van der Waals surface area contributed by atoms with Gasteiger partial charge in [0.1, 0.15) is 5.69 Å². The van der Waals surface area contributed by atoms with Crippen molar-refractivity contribution in [2.24, 2.45) is 5.73 Å². The minimum Gasteiger partial charge on any atom is -0.364 e. The summed E-state index contributed by atoms with van der Waals surface area (Å²) in [4.78, 5) is 25.8. The Kier molecular flexibility index (Phi) is 6.49. The first-order valence-corrected chi connectivity index (χ1v) is 10.0. The number of carbonyl (C=O) groups is 1. The highest BCUT2D eigenvalue weighted by Gasteiger charge is 2.25. The Morgan fingerprint density at radius 3 is 2.76 bits per heavy atom. The molecule has 7 heteroatoms. The molecule has 0 spiro atoms. The Balaban J connectivity index is 1.99. The van der Waals surface area contributed by atoms with E-state index < -0.39 is 0 Å². The van der Waals surface area contributed by atoms with Crippen molar-refractivity contribution < 1.29 is 9.72 Å². The molecule has 0 radical (unpaired) electrons. The van der Waals surface area contributed by atoms with Crippen molar-refractivity contribution in [3.05, 3.63) is 69.3 Å². The first-order valence-electron chi connectivity index (χ1n) is 10.0. The summed E-state index contributed by atoms with van der Waals surface area (Å²) in [5.74, 6) is -0.334. The summed E-state index contributed by atoms with van der Waals surface area (Å²) in [6, 6.07) is 12.8. The SMILES string of the molecule is CNC(=O)c1ccccc1C(C)c1ccc(N2CCCCC(N)C2)c([N+](=O)[O-])c1. The monoisotopic (exact) mass is 396 g/mol. The number of nitrogens with one attached hydrogen (secondary N) is 1. The molecule has 1 amide bonds. The maximum Gasteiger partial charge on any atom is 0.292 e. The second-order valence-electron chi connectivity index (χ2n) is 7.60. The fourth-order valence-corrected chi connectivity index (χ4v) is 4.01. The van der Waals surface area contributed by atoms with E-state index in [0.29, 0.717) is 17.8 Å². The predicted molar refractivity (Wildman–Crippen MR) is 114 cm³/mol. The lowest BCUT2D eigenvalue weighted by Crippen LogP contribution is -2.36. The average molecular weight is 396 g/mol. The van der Waals surface area contributed by atoms with Crippen LogP contribution in [0.25, 0.3) is 0 Å². The van der Waals surface area contributed by atoms with Crippen LogP contribution in [-0.2, 0) is 0 Å². The molecule has 2 unspecified atom stereocenters. The Labute approximate surface area is 171 Å². The van der Waals surface area contributed by atoms with E-state index in [2.05, 4.69) is 5.32 Å². The van der Waals surface area contributed by atoms with E-state index in [1.165, 1.54) is 0 Å². The molecule has 1 fully saturated rings. The molecule has 1 aliphatic heterocycles. The zero-order valence-corrected chi connectivity index (χ0v) is 16.9. The number of nitro groups is 1. The van der Waals surface area contributed by atoms with Crippen LogP contribution in [0.3, 0.4) is 0 Å². The van der Waals surface area contributed by atoms with Crippen LogP contribution in [0, 0.1) is 10.1 Å². The zero-order chi connectivity index (χ0) is 21.0. The number of hydrogen-bond donors (Lipinski definition) is 2. The molecule has 2 atom stereocenters. The minimum atomic E-state index is -0.327. The first kappa shape index (κ1) is 20.8. The largest absolute Gasteiger partial charge is 0.364 e. The number of nitrogens with zero attached hydrogens (tertiary/aromatic N) is 2. The third-order valence-corrected chi connectivity index (χ3v) is 5.64. The normalized spacial score (nSPS) is 18.0. The molecule has 2 aromatic rings. The molecule has 154 valence electrons. The van der Waals surface area contributed by atoms with Crippen molar-refractivity contribution in [3.8, 4) is 0 Å². The van der Waals surface area contributed by atoms with Gasteiger partial charge in [-0.1, -0.05) is 37.6 Å². The van der Waals surface area contributed by atoms with Crippen molar-refractivity contribution in [1.82, 2.24) is 5.32 Å². The van der Waals surface area contributed by atoms with Crippen LogP contribution in [0.1, 0.15) is 53.6 Å². The summed E-state index contributed by atoms with van der Waals surface area (Å²) in [7, 11) is 1.59. The van der Waals surface area contributed by atoms with Gasteiger partial charge in [-0.05, 0) is 36.1 Å². The summed E-state index contributed by atoms with van der Waals surface area (Å²) >= 11 is 0. The summed E-state index contributed by atoms with van der Waals surface area (Å²) in [6.07, 6.45) is 2.95. The van der Waals surface area contributed by atoms with Gasteiger partial charge in [-0.3, -0.25) is 14.9 Å². The van der Waals surface area contributed by atoms with Gasteiger partial charge in [0.25, 0.3) is 11.6 Å². The maximum absolute atomic E-state index is 12.2. The van der Waals surface area contributed by atoms with Gasteiger partial charge in [0.15, 0.2) is 0 Å². The molecule has 0 bridgehead atoms. The van der Waals surface area contributed by atoms with Gasteiger partial charge in [-0.15, -0.1) is 0 Å². The van der Waals surface area contributed by atoms with Crippen LogP contribution in [0.5, 0.6) is 0 Å². The van der Waals surface area contributed by atoms with E-state index in [4.69, 9.17) is 5.73 Å². The number of nitro benzene ring substituents is 1. The predicted octanol–water partition coefficient (Wildman–Crippen LogP) is 3.42. The fourth-order valence-electron chi connectivity index (χ4n) is 4.01. The van der Waals surface area contributed by atoms with E-state index in [-0.39, 0.29) is 28.5 Å². The molecule has 2 aromatic carbocycles. The molecular weight excluding hydrogens is 368 g/mol. The summed E-state index contributed by atoms with van der Waals surface area (Å²) in [5, 5.41) is 14.5. The first-order chi connectivity index (χ1) is 13.9. The highest BCUT2D eigenvalue weighted by Crippen LogP contribution is 2.35. The molecule has 3 N–H and O–H groups in total. The molecule has 0 aromatic heterocycles. The highest BCUT2D eigenvalue weighted by atomic mass is 16.6. The average Bonchev–Trinajstić information content (AvgIpc) is 2.96. The van der Waals surface area contributed by atoms with Gasteiger partial charge < -0.3 is 16.0 Å². The number of rotatable bonds is 5. The third kappa shape index (κ3) is 4.56. The molecule has 7 nitrogen and oxygen atoms in total. The summed E-state index contributed by atoms with van der Waals surface area (Å²) < 4.78 is 0. The van der Waals surface area contributed by atoms with Crippen LogP contribution in [0.2, 0.25) is 0 Å². The van der Waals surface area contributed by atoms with Crippen molar-refractivity contribution in [2.45, 2.75) is 38.1 Å². The summed E-state index contributed by atoms with van der Waals surface area (Å²) in [5.41, 5.74) is 9.07. The second kappa shape index (κ2) is 9.05. The van der Waals surface area contributed by atoms with E-state index in [0.717, 1.165) is 36.9 Å². The van der Waals surface area contributed by atoms with Gasteiger partial charge in [-0.25, -0.2) is 0 Å². The van der Waals surface area contributed by atoms with Crippen LogP contribution >= 0.6 is 0 Å². The molecule has 0 saturated carbocycles. The van der Waals surface area contributed by atoms with Crippen LogP contribution < -0.4 is 16.0 Å². The van der Waals surface area contributed by atoms with Gasteiger partial charge in [0, 0.05) is 43.7 Å². The van der Waals surface area contributed by atoms with Gasteiger partial charge in [-0.2, -0.15) is 0 Å². The molecule has 3 rings (SSSR count). The Hall–Kier alpha value is -2.93. The van der Waals surface area contributed by atoms with Gasteiger partial charge in [0.05, 0.1) is 4.92 Å². The van der Waals surface area contributed by atoms with Crippen LogP contribution in [-0.4, -0.2) is 37.0 Å². The topological polar surface area (TPSA) is 102 Å². The molecule has 1 saturated heterocycles. The highest BCUT2D eigenvalue weighted by molar-refractivity contribution is 5.95. The van der Waals surface area contributed by atoms with Gasteiger partial charge in [0.2, 0.25) is 0 Å². The van der Waals surface area contributed by atoms with Crippen molar-refractivity contribution in [2.75, 3.05) is 25.0 Å². The lowest BCUT2D eigenvalue weighted by molar-refractivity contribution is -0.384. The smallest absolute Gasteiger partial charge is 0.292 e. The second-order valence-corrected chi connectivity index (χ2v) is 7.60. The third-order valence-electron chi connectivity index (χ3n) is 5.64.